The molecule has 0 saturated heterocycles. The van der Waals surface area contributed by atoms with E-state index in [1.165, 1.54) is 5.56 Å². The molecule has 0 aliphatic carbocycles. The molecule has 102 valence electrons. The van der Waals surface area contributed by atoms with Gasteiger partial charge in [0.2, 0.25) is 0 Å². The van der Waals surface area contributed by atoms with Crippen molar-refractivity contribution in [3.63, 3.8) is 0 Å². The average molecular weight is 314 g/mol. The minimum Gasteiger partial charge on any atom is -0.377 e. The number of ether oxygens (including phenoxy) is 1. The van der Waals surface area contributed by atoms with Crippen molar-refractivity contribution in [2.24, 2.45) is 0 Å². The van der Waals surface area contributed by atoms with Crippen LogP contribution in [-0.2, 0) is 11.3 Å². The molecule has 18 heavy (non-hydrogen) atoms. The molecule has 1 aromatic rings. The molecule has 0 aromatic heterocycles. The van der Waals surface area contributed by atoms with E-state index in [9.17, 15) is 0 Å². The SMILES string of the molecule is CC(C)(C)NCCCCOCc1cccc(Br)c1. The lowest BCUT2D eigenvalue weighted by atomic mass is 10.1. The summed E-state index contributed by atoms with van der Waals surface area (Å²) in [5.41, 5.74) is 1.44. The predicted octanol–water partition coefficient (Wildman–Crippen LogP) is 4.13. The van der Waals surface area contributed by atoms with Gasteiger partial charge in [-0.2, -0.15) is 0 Å². The molecule has 1 N–H and O–H groups in total. The second-order valence-electron chi connectivity index (χ2n) is 5.57. The van der Waals surface area contributed by atoms with Crippen LogP contribution in [0.1, 0.15) is 39.2 Å². The topological polar surface area (TPSA) is 21.3 Å². The Hall–Kier alpha value is -0.380. The Labute approximate surface area is 119 Å². The molecule has 0 heterocycles. The van der Waals surface area contributed by atoms with E-state index in [1.807, 2.05) is 12.1 Å². The Bertz CT molecular complexity index is 347. The molecule has 0 amide bonds. The summed E-state index contributed by atoms with van der Waals surface area (Å²) in [6, 6.07) is 8.25. The normalized spacial score (nSPS) is 11.8. The summed E-state index contributed by atoms with van der Waals surface area (Å²) in [7, 11) is 0. The Kier molecular flexibility index (Phi) is 6.90. The van der Waals surface area contributed by atoms with Gasteiger partial charge in [0.05, 0.1) is 6.61 Å². The third-order valence-corrected chi connectivity index (χ3v) is 3.02. The maximum atomic E-state index is 5.66. The summed E-state index contributed by atoms with van der Waals surface area (Å²) in [6.45, 7) is 9.17. The summed E-state index contributed by atoms with van der Waals surface area (Å²) in [4.78, 5) is 0. The number of unbranched alkanes of at least 4 members (excludes halogenated alkanes) is 1. The highest BCUT2D eigenvalue weighted by Crippen LogP contribution is 2.12. The molecule has 0 saturated carbocycles. The number of rotatable bonds is 7. The smallest absolute Gasteiger partial charge is 0.0717 e. The monoisotopic (exact) mass is 313 g/mol. The Morgan fingerprint density at radius 2 is 2.00 bits per heavy atom. The molecular weight excluding hydrogens is 290 g/mol. The van der Waals surface area contributed by atoms with E-state index < -0.39 is 0 Å². The summed E-state index contributed by atoms with van der Waals surface area (Å²) in [5, 5.41) is 3.48. The van der Waals surface area contributed by atoms with Crippen molar-refractivity contribution < 1.29 is 4.74 Å². The van der Waals surface area contributed by atoms with Crippen molar-refractivity contribution >= 4 is 15.9 Å². The van der Waals surface area contributed by atoms with E-state index in [0.29, 0.717) is 6.61 Å². The molecule has 3 heteroatoms. The van der Waals surface area contributed by atoms with Gasteiger partial charge in [-0.25, -0.2) is 0 Å². The highest BCUT2D eigenvalue weighted by Gasteiger charge is 2.06. The number of benzene rings is 1. The van der Waals surface area contributed by atoms with Crippen LogP contribution in [0.2, 0.25) is 0 Å². The van der Waals surface area contributed by atoms with E-state index in [1.54, 1.807) is 0 Å². The molecular formula is C15H24BrNO. The van der Waals surface area contributed by atoms with Crippen LogP contribution in [0.5, 0.6) is 0 Å². The highest BCUT2D eigenvalue weighted by molar-refractivity contribution is 9.10. The first kappa shape index (κ1) is 15.7. The second kappa shape index (κ2) is 7.93. The van der Waals surface area contributed by atoms with Crippen LogP contribution in [0.3, 0.4) is 0 Å². The zero-order chi connectivity index (χ0) is 13.4. The Balaban J connectivity index is 2.02. The Morgan fingerprint density at radius 1 is 1.22 bits per heavy atom. The first-order valence-electron chi connectivity index (χ1n) is 6.54. The van der Waals surface area contributed by atoms with Crippen LogP contribution in [-0.4, -0.2) is 18.7 Å². The lowest BCUT2D eigenvalue weighted by Crippen LogP contribution is -2.36. The lowest BCUT2D eigenvalue weighted by molar-refractivity contribution is 0.117. The third kappa shape index (κ3) is 7.85. The molecule has 0 bridgehead atoms. The fourth-order valence-electron chi connectivity index (χ4n) is 1.61. The lowest BCUT2D eigenvalue weighted by Gasteiger charge is -2.20. The molecule has 1 rings (SSSR count). The fourth-order valence-corrected chi connectivity index (χ4v) is 2.06. The molecule has 0 unspecified atom stereocenters. The van der Waals surface area contributed by atoms with Gasteiger partial charge in [0.25, 0.3) is 0 Å². The minimum absolute atomic E-state index is 0.219. The van der Waals surface area contributed by atoms with Crippen molar-refractivity contribution in [1.82, 2.24) is 5.32 Å². The van der Waals surface area contributed by atoms with Crippen LogP contribution >= 0.6 is 15.9 Å². The van der Waals surface area contributed by atoms with E-state index >= 15 is 0 Å². The van der Waals surface area contributed by atoms with Crippen molar-refractivity contribution in [2.45, 2.75) is 45.8 Å². The van der Waals surface area contributed by atoms with Gasteiger partial charge in [-0.3, -0.25) is 0 Å². The number of halogens is 1. The summed E-state index contributed by atoms with van der Waals surface area (Å²) in [6.07, 6.45) is 2.27. The van der Waals surface area contributed by atoms with Gasteiger partial charge in [0.15, 0.2) is 0 Å². The third-order valence-electron chi connectivity index (χ3n) is 2.53. The van der Waals surface area contributed by atoms with Crippen molar-refractivity contribution in [2.75, 3.05) is 13.2 Å². The second-order valence-corrected chi connectivity index (χ2v) is 6.48. The van der Waals surface area contributed by atoms with Gasteiger partial charge in [0.1, 0.15) is 0 Å². The van der Waals surface area contributed by atoms with Crippen molar-refractivity contribution in [3.05, 3.63) is 34.3 Å². The summed E-state index contributed by atoms with van der Waals surface area (Å²) < 4.78 is 6.77. The van der Waals surface area contributed by atoms with Gasteiger partial charge in [-0.05, 0) is 57.9 Å². The summed E-state index contributed by atoms with van der Waals surface area (Å²) in [5.74, 6) is 0. The maximum Gasteiger partial charge on any atom is 0.0717 e. The number of hydrogen-bond acceptors (Lipinski definition) is 2. The minimum atomic E-state index is 0.219. The standard InChI is InChI=1S/C15H24BrNO/c1-15(2,3)17-9-4-5-10-18-12-13-7-6-8-14(16)11-13/h6-8,11,17H,4-5,9-10,12H2,1-3H3. The quantitative estimate of drug-likeness (QED) is 0.764. The first-order valence-corrected chi connectivity index (χ1v) is 7.34. The van der Waals surface area contributed by atoms with Gasteiger partial charge < -0.3 is 10.1 Å². The van der Waals surface area contributed by atoms with Gasteiger partial charge in [-0.15, -0.1) is 0 Å². The van der Waals surface area contributed by atoms with Crippen LogP contribution in [0.15, 0.2) is 28.7 Å². The van der Waals surface area contributed by atoms with E-state index in [2.05, 4.69) is 54.2 Å². The van der Waals surface area contributed by atoms with Gasteiger partial charge >= 0.3 is 0 Å². The number of nitrogens with one attached hydrogen (secondary N) is 1. The highest BCUT2D eigenvalue weighted by atomic mass is 79.9. The average Bonchev–Trinajstić information content (AvgIpc) is 2.26. The molecule has 2 nitrogen and oxygen atoms in total. The molecule has 0 aliphatic rings. The number of hydrogen-bond donors (Lipinski definition) is 1. The van der Waals surface area contributed by atoms with Crippen LogP contribution in [0, 0.1) is 0 Å². The van der Waals surface area contributed by atoms with Crippen molar-refractivity contribution in [3.8, 4) is 0 Å². The fraction of sp³-hybridized carbons (Fsp3) is 0.600. The molecule has 0 aliphatic heterocycles. The first-order chi connectivity index (χ1) is 8.47. The summed E-state index contributed by atoms with van der Waals surface area (Å²) >= 11 is 3.46. The van der Waals surface area contributed by atoms with Gasteiger partial charge in [-0.1, -0.05) is 28.1 Å². The Morgan fingerprint density at radius 3 is 2.67 bits per heavy atom. The zero-order valence-electron chi connectivity index (χ0n) is 11.6. The molecule has 0 radical (unpaired) electrons. The molecule has 0 atom stereocenters. The zero-order valence-corrected chi connectivity index (χ0v) is 13.2. The predicted molar refractivity (Wildman–Crippen MR) is 80.8 cm³/mol. The maximum absolute atomic E-state index is 5.66. The molecule has 0 spiro atoms. The van der Waals surface area contributed by atoms with Crippen LogP contribution < -0.4 is 5.32 Å². The van der Waals surface area contributed by atoms with E-state index in [4.69, 9.17) is 4.74 Å². The van der Waals surface area contributed by atoms with Crippen LogP contribution in [0.4, 0.5) is 0 Å². The van der Waals surface area contributed by atoms with Crippen molar-refractivity contribution in [1.29, 1.82) is 0 Å². The van der Waals surface area contributed by atoms with Crippen LogP contribution in [0.25, 0.3) is 0 Å². The van der Waals surface area contributed by atoms with Gasteiger partial charge in [0, 0.05) is 16.6 Å². The molecule has 1 aromatic carbocycles. The molecule has 0 fully saturated rings. The van der Waals surface area contributed by atoms with E-state index in [0.717, 1.165) is 30.5 Å². The van der Waals surface area contributed by atoms with E-state index in [-0.39, 0.29) is 5.54 Å². The largest absolute Gasteiger partial charge is 0.377 e.